The maximum atomic E-state index is 10.7. The molecule has 0 amide bonds. The molecule has 0 fully saturated rings. The zero-order chi connectivity index (χ0) is 12.0. The lowest BCUT2D eigenvalue weighted by atomic mass is 10.1. The van der Waals surface area contributed by atoms with Crippen LogP contribution >= 0.6 is 0 Å². The fraction of sp³-hybridized carbons (Fsp3) is 0.500. The van der Waals surface area contributed by atoms with Crippen molar-refractivity contribution >= 4 is 11.8 Å². The number of hydrogen-bond acceptors (Lipinski definition) is 3. The highest BCUT2D eigenvalue weighted by molar-refractivity contribution is 5.85. The monoisotopic (exact) mass is 222 g/mol. The molecule has 0 saturated carbocycles. The zero-order valence-corrected chi connectivity index (χ0v) is 9.73. The summed E-state index contributed by atoms with van der Waals surface area (Å²) >= 11 is 0. The molecule has 88 valence electrons. The average molecular weight is 222 g/mol. The number of carboxylic acids is 1. The summed E-state index contributed by atoms with van der Waals surface area (Å²) in [5.74, 6) is -0.354. The van der Waals surface area contributed by atoms with Crippen LogP contribution in [0.3, 0.4) is 0 Å². The molecular formula is C12H18N2O2. The van der Waals surface area contributed by atoms with Gasteiger partial charge in [0.15, 0.2) is 5.69 Å². The second-order valence-corrected chi connectivity index (χ2v) is 3.75. The molecule has 4 nitrogen and oxygen atoms in total. The molecule has 1 atom stereocenters. The van der Waals surface area contributed by atoms with Crippen molar-refractivity contribution in [3.63, 3.8) is 0 Å². The van der Waals surface area contributed by atoms with Crippen molar-refractivity contribution in [3.8, 4) is 0 Å². The van der Waals surface area contributed by atoms with Crippen LogP contribution in [0.1, 0.15) is 43.6 Å². The van der Waals surface area contributed by atoms with E-state index in [0.717, 1.165) is 19.3 Å². The van der Waals surface area contributed by atoms with Crippen LogP contribution in [0.15, 0.2) is 18.2 Å². The van der Waals surface area contributed by atoms with E-state index in [4.69, 9.17) is 5.11 Å². The van der Waals surface area contributed by atoms with Crippen molar-refractivity contribution in [2.75, 3.05) is 5.32 Å². The molecular weight excluding hydrogens is 204 g/mol. The van der Waals surface area contributed by atoms with Crippen LogP contribution in [0.2, 0.25) is 0 Å². The van der Waals surface area contributed by atoms with Crippen LogP contribution in [0.4, 0.5) is 5.82 Å². The largest absolute Gasteiger partial charge is 0.477 e. The maximum absolute atomic E-state index is 10.7. The van der Waals surface area contributed by atoms with Crippen LogP contribution in [-0.4, -0.2) is 22.1 Å². The van der Waals surface area contributed by atoms with Gasteiger partial charge in [-0.2, -0.15) is 0 Å². The van der Waals surface area contributed by atoms with Gasteiger partial charge in [-0.05, 0) is 25.0 Å². The van der Waals surface area contributed by atoms with Gasteiger partial charge >= 0.3 is 5.97 Å². The normalized spacial score (nSPS) is 12.1. The molecule has 1 aromatic heterocycles. The van der Waals surface area contributed by atoms with E-state index in [2.05, 4.69) is 24.1 Å². The summed E-state index contributed by atoms with van der Waals surface area (Å²) in [5, 5.41) is 12.1. The minimum atomic E-state index is -0.993. The molecule has 1 unspecified atom stereocenters. The number of nitrogens with one attached hydrogen (secondary N) is 1. The number of rotatable bonds is 6. The number of pyridine rings is 1. The van der Waals surface area contributed by atoms with Crippen molar-refractivity contribution in [1.29, 1.82) is 0 Å². The highest BCUT2D eigenvalue weighted by Gasteiger charge is 2.08. The van der Waals surface area contributed by atoms with Gasteiger partial charge < -0.3 is 10.4 Å². The fourth-order valence-electron chi connectivity index (χ4n) is 1.57. The van der Waals surface area contributed by atoms with Gasteiger partial charge in [0, 0.05) is 6.04 Å². The fourth-order valence-corrected chi connectivity index (χ4v) is 1.57. The average Bonchev–Trinajstić information content (AvgIpc) is 2.29. The summed E-state index contributed by atoms with van der Waals surface area (Å²) < 4.78 is 0. The Hall–Kier alpha value is -1.58. The molecule has 1 aromatic rings. The number of carbonyl (C=O) groups is 1. The first kappa shape index (κ1) is 12.5. The summed E-state index contributed by atoms with van der Waals surface area (Å²) in [6.45, 7) is 4.24. The van der Waals surface area contributed by atoms with Crippen LogP contribution in [0.5, 0.6) is 0 Å². The molecule has 1 heterocycles. The quantitative estimate of drug-likeness (QED) is 0.777. The molecule has 0 bridgehead atoms. The predicted octanol–water partition coefficient (Wildman–Crippen LogP) is 2.77. The minimum absolute atomic E-state index is 0.0800. The van der Waals surface area contributed by atoms with Gasteiger partial charge in [-0.1, -0.05) is 26.3 Å². The Morgan fingerprint density at radius 1 is 1.50 bits per heavy atom. The molecule has 0 radical (unpaired) electrons. The number of nitrogens with zero attached hydrogens (tertiary/aromatic N) is 1. The highest BCUT2D eigenvalue weighted by Crippen LogP contribution is 2.11. The Morgan fingerprint density at radius 3 is 2.81 bits per heavy atom. The number of aromatic carboxylic acids is 1. The maximum Gasteiger partial charge on any atom is 0.354 e. The summed E-state index contributed by atoms with van der Waals surface area (Å²) in [4.78, 5) is 14.8. The Labute approximate surface area is 95.7 Å². The number of hydrogen-bond donors (Lipinski definition) is 2. The summed E-state index contributed by atoms with van der Waals surface area (Å²) in [6, 6.07) is 5.36. The van der Waals surface area contributed by atoms with E-state index in [1.807, 2.05) is 0 Å². The molecule has 0 spiro atoms. The van der Waals surface area contributed by atoms with Crippen molar-refractivity contribution in [1.82, 2.24) is 4.98 Å². The van der Waals surface area contributed by atoms with Crippen molar-refractivity contribution in [3.05, 3.63) is 23.9 Å². The van der Waals surface area contributed by atoms with E-state index in [-0.39, 0.29) is 5.69 Å². The molecule has 0 aromatic carbocycles. The summed E-state index contributed by atoms with van der Waals surface area (Å²) in [5.41, 5.74) is 0.0800. The van der Waals surface area contributed by atoms with E-state index in [1.54, 1.807) is 12.1 Å². The van der Waals surface area contributed by atoms with Gasteiger partial charge in [-0.3, -0.25) is 0 Å². The third kappa shape index (κ3) is 3.53. The second-order valence-electron chi connectivity index (χ2n) is 3.75. The van der Waals surface area contributed by atoms with Gasteiger partial charge in [-0.25, -0.2) is 9.78 Å². The Kier molecular flexibility index (Phi) is 4.76. The smallest absolute Gasteiger partial charge is 0.354 e. The van der Waals surface area contributed by atoms with Gasteiger partial charge in [0.25, 0.3) is 0 Å². The van der Waals surface area contributed by atoms with Gasteiger partial charge in [0.05, 0.1) is 0 Å². The third-order valence-corrected chi connectivity index (χ3v) is 2.45. The number of anilines is 1. The SMILES string of the molecule is CCCC(CC)Nc1cccc(C(=O)O)n1. The first-order chi connectivity index (χ1) is 7.67. The van der Waals surface area contributed by atoms with Crippen molar-refractivity contribution < 1.29 is 9.90 Å². The van der Waals surface area contributed by atoms with E-state index < -0.39 is 5.97 Å². The molecule has 0 aliphatic heterocycles. The standard InChI is InChI=1S/C12H18N2O2/c1-3-6-9(4-2)13-11-8-5-7-10(14-11)12(15)16/h5,7-9H,3-4,6H2,1-2H3,(H,13,14)(H,15,16). The Balaban J connectivity index is 2.72. The van der Waals surface area contributed by atoms with Crippen LogP contribution in [0.25, 0.3) is 0 Å². The van der Waals surface area contributed by atoms with Gasteiger partial charge in [0.2, 0.25) is 0 Å². The zero-order valence-electron chi connectivity index (χ0n) is 9.73. The summed E-state index contributed by atoms with van der Waals surface area (Å²) in [6.07, 6.45) is 3.17. The molecule has 2 N–H and O–H groups in total. The van der Waals surface area contributed by atoms with Crippen molar-refractivity contribution in [2.45, 2.75) is 39.2 Å². The molecule has 16 heavy (non-hydrogen) atoms. The van der Waals surface area contributed by atoms with Crippen molar-refractivity contribution in [2.24, 2.45) is 0 Å². The lowest BCUT2D eigenvalue weighted by Crippen LogP contribution is -2.19. The lowest BCUT2D eigenvalue weighted by Gasteiger charge is -2.16. The number of aromatic nitrogens is 1. The van der Waals surface area contributed by atoms with Crippen LogP contribution < -0.4 is 5.32 Å². The molecule has 0 aliphatic carbocycles. The van der Waals surface area contributed by atoms with E-state index >= 15 is 0 Å². The van der Waals surface area contributed by atoms with Gasteiger partial charge in [-0.15, -0.1) is 0 Å². The van der Waals surface area contributed by atoms with E-state index in [1.165, 1.54) is 6.07 Å². The first-order valence-corrected chi connectivity index (χ1v) is 5.64. The lowest BCUT2D eigenvalue weighted by molar-refractivity contribution is 0.0690. The van der Waals surface area contributed by atoms with Crippen LogP contribution in [-0.2, 0) is 0 Å². The Bertz CT molecular complexity index is 353. The van der Waals surface area contributed by atoms with E-state index in [0.29, 0.717) is 11.9 Å². The summed E-state index contributed by atoms with van der Waals surface area (Å²) in [7, 11) is 0. The first-order valence-electron chi connectivity index (χ1n) is 5.64. The third-order valence-electron chi connectivity index (χ3n) is 2.45. The highest BCUT2D eigenvalue weighted by atomic mass is 16.4. The second kappa shape index (κ2) is 6.10. The predicted molar refractivity (Wildman–Crippen MR) is 63.8 cm³/mol. The molecule has 0 saturated heterocycles. The molecule has 0 aliphatic rings. The number of carboxylic acid groups (broad SMARTS) is 1. The molecule has 4 heteroatoms. The topological polar surface area (TPSA) is 62.2 Å². The van der Waals surface area contributed by atoms with Crippen LogP contribution in [0, 0.1) is 0 Å². The van der Waals surface area contributed by atoms with E-state index in [9.17, 15) is 4.79 Å². The van der Waals surface area contributed by atoms with Gasteiger partial charge in [0.1, 0.15) is 5.82 Å². The Morgan fingerprint density at radius 2 is 2.25 bits per heavy atom. The minimum Gasteiger partial charge on any atom is -0.477 e. The molecule has 1 rings (SSSR count).